The van der Waals surface area contributed by atoms with E-state index in [4.69, 9.17) is 16.3 Å². The third kappa shape index (κ3) is 4.59. The van der Waals surface area contributed by atoms with Crippen LogP contribution in [0.3, 0.4) is 0 Å². The molecule has 0 bridgehead atoms. The van der Waals surface area contributed by atoms with Crippen molar-refractivity contribution in [1.29, 1.82) is 0 Å². The zero-order valence-electron chi connectivity index (χ0n) is 15.0. The first-order valence-corrected chi connectivity index (χ1v) is 10.1. The van der Waals surface area contributed by atoms with Crippen LogP contribution in [0.1, 0.15) is 30.8 Å². The first-order chi connectivity index (χ1) is 12.7. The minimum atomic E-state index is 0.402. The number of hydrogen-bond donors (Lipinski definition) is 0. The lowest BCUT2D eigenvalue weighted by molar-refractivity contribution is 0.288. The van der Waals surface area contributed by atoms with Crippen molar-refractivity contribution in [3.63, 3.8) is 0 Å². The predicted molar refractivity (Wildman–Crippen MR) is 107 cm³/mol. The van der Waals surface area contributed by atoms with E-state index in [2.05, 4.69) is 40.7 Å². The van der Waals surface area contributed by atoms with E-state index >= 15 is 0 Å². The van der Waals surface area contributed by atoms with Gasteiger partial charge in [0.05, 0.1) is 0 Å². The predicted octanol–water partition coefficient (Wildman–Crippen LogP) is 5.39. The second-order valence-corrected chi connectivity index (χ2v) is 7.16. The van der Waals surface area contributed by atoms with Gasteiger partial charge in [-0.3, -0.25) is 0 Å². The molecular weight excluding hydrogens is 366 g/mol. The van der Waals surface area contributed by atoms with Crippen LogP contribution in [0.2, 0.25) is 5.02 Å². The largest absolute Gasteiger partial charge is 0.486 e. The molecule has 0 unspecified atom stereocenters. The molecule has 0 amide bonds. The van der Waals surface area contributed by atoms with E-state index < -0.39 is 0 Å². The molecule has 0 spiro atoms. The molecule has 0 atom stereocenters. The maximum absolute atomic E-state index is 6.23. The van der Waals surface area contributed by atoms with E-state index in [0.717, 1.165) is 46.0 Å². The van der Waals surface area contributed by atoms with Crippen molar-refractivity contribution in [2.45, 2.75) is 44.3 Å². The zero-order valence-corrected chi connectivity index (χ0v) is 16.6. The molecule has 3 aromatic rings. The molecule has 0 aliphatic carbocycles. The molecule has 0 aliphatic heterocycles. The Morgan fingerprint density at radius 1 is 1.04 bits per heavy atom. The molecule has 0 saturated carbocycles. The Bertz CT molecular complexity index is 849. The van der Waals surface area contributed by atoms with Gasteiger partial charge in [0.1, 0.15) is 12.4 Å². The molecule has 0 aliphatic rings. The molecule has 0 fully saturated rings. The summed E-state index contributed by atoms with van der Waals surface area (Å²) in [5.41, 5.74) is 2.39. The molecule has 0 N–H and O–H groups in total. The van der Waals surface area contributed by atoms with Gasteiger partial charge in [0.2, 0.25) is 0 Å². The van der Waals surface area contributed by atoms with Gasteiger partial charge in [-0.25, -0.2) is 0 Å². The highest BCUT2D eigenvalue weighted by Gasteiger charge is 2.13. The van der Waals surface area contributed by atoms with Crippen molar-refractivity contribution in [3.05, 3.63) is 70.5 Å². The normalized spacial score (nSPS) is 10.9. The molecule has 4 nitrogen and oxygen atoms in total. The topological polar surface area (TPSA) is 39.9 Å². The first-order valence-electron chi connectivity index (χ1n) is 8.71. The smallest absolute Gasteiger partial charge is 0.191 e. The van der Waals surface area contributed by atoms with Gasteiger partial charge in [0.15, 0.2) is 11.0 Å². The van der Waals surface area contributed by atoms with E-state index in [1.165, 1.54) is 5.56 Å². The van der Waals surface area contributed by atoms with Gasteiger partial charge in [0.25, 0.3) is 0 Å². The van der Waals surface area contributed by atoms with Crippen LogP contribution in [0.15, 0.2) is 53.7 Å². The molecular formula is C20H22ClN3OS. The summed E-state index contributed by atoms with van der Waals surface area (Å²) in [7, 11) is 0. The van der Waals surface area contributed by atoms with Gasteiger partial charge in [-0.2, -0.15) is 0 Å². The number of aryl methyl sites for hydroxylation is 1. The van der Waals surface area contributed by atoms with Crippen LogP contribution in [-0.4, -0.2) is 14.8 Å². The number of aromatic nitrogens is 3. The molecule has 0 saturated heterocycles. The number of rotatable bonds is 8. The van der Waals surface area contributed by atoms with Crippen LogP contribution in [0.25, 0.3) is 0 Å². The van der Waals surface area contributed by atoms with Crippen LogP contribution in [0.5, 0.6) is 5.75 Å². The molecule has 136 valence electrons. The lowest BCUT2D eigenvalue weighted by Crippen LogP contribution is -2.07. The summed E-state index contributed by atoms with van der Waals surface area (Å²) in [4.78, 5) is 0. The van der Waals surface area contributed by atoms with E-state index in [9.17, 15) is 0 Å². The third-order valence-corrected chi connectivity index (χ3v) is 5.51. The zero-order chi connectivity index (χ0) is 18.4. The van der Waals surface area contributed by atoms with Gasteiger partial charge in [-0.1, -0.05) is 60.6 Å². The van der Waals surface area contributed by atoms with Gasteiger partial charge in [-0.05, 0) is 42.7 Å². The Hall–Kier alpha value is -1.98. The van der Waals surface area contributed by atoms with Crippen molar-refractivity contribution < 1.29 is 4.74 Å². The summed E-state index contributed by atoms with van der Waals surface area (Å²) in [6.45, 7) is 5.42. The monoisotopic (exact) mass is 387 g/mol. The van der Waals surface area contributed by atoms with Gasteiger partial charge in [0, 0.05) is 17.3 Å². The van der Waals surface area contributed by atoms with Crippen LogP contribution < -0.4 is 4.74 Å². The Balaban J connectivity index is 1.64. The maximum Gasteiger partial charge on any atom is 0.191 e. The van der Waals surface area contributed by atoms with E-state index in [1.54, 1.807) is 11.8 Å². The third-order valence-electron chi connectivity index (χ3n) is 4.12. The number of nitrogens with zero attached hydrogens (tertiary/aromatic N) is 3. The Labute approximate surface area is 163 Å². The average molecular weight is 388 g/mol. The fraction of sp³-hybridized carbons (Fsp3) is 0.300. The quantitative estimate of drug-likeness (QED) is 0.486. The summed E-state index contributed by atoms with van der Waals surface area (Å²) in [6.07, 6.45) is 1.02. The highest BCUT2D eigenvalue weighted by atomic mass is 35.5. The summed E-state index contributed by atoms with van der Waals surface area (Å²) in [5.74, 6) is 2.43. The summed E-state index contributed by atoms with van der Waals surface area (Å²) < 4.78 is 7.96. The lowest BCUT2D eigenvalue weighted by Gasteiger charge is -2.09. The minimum Gasteiger partial charge on any atom is -0.486 e. The fourth-order valence-electron chi connectivity index (χ4n) is 2.58. The Morgan fingerprint density at radius 3 is 2.50 bits per heavy atom. The maximum atomic E-state index is 6.23. The van der Waals surface area contributed by atoms with Crippen molar-refractivity contribution in [2.24, 2.45) is 0 Å². The molecule has 2 aromatic carbocycles. The van der Waals surface area contributed by atoms with E-state index in [1.807, 2.05) is 36.4 Å². The van der Waals surface area contributed by atoms with Crippen molar-refractivity contribution in [2.75, 3.05) is 0 Å². The summed E-state index contributed by atoms with van der Waals surface area (Å²) in [6, 6.07) is 16.0. The number of benzene rings is 2. The van der Waals surface area contributed by atoms with Crippen LogP contribution in [0.4, 0.5) is 0 Å². The van der Waals surface area contributed by atoms with E-state index in [-0.39, 0.29) is 0 Å². The van der Waals surface area contributed by atoms with Crippen LogP contribution in [0, 0.1) is 0 Å². The lowest BCUT2D eigenvalue weighted by atomic mass is 10.2. The number of ether oxygens (including phenoxy) is 1. The molecule has 0 radical (unpaired) electrons. The van der Waals surface area contributed by atoms with Gasteiger partial charge in [-0.15, -0.1) is 10.2 Å². The Morgan fingerprint density at radius 2 is 1.81 bits per heavy atom. The van der Waals surface area contributed by atoms with Crippen molar-refractivity contribution >= 4 is 23.4 Å². The highest BCUT2D eigenvalue weighted by molar-refractivity contribution is 7.98. The van der Waals surface area contributed by atoms with Gasteiger partial charge >= 0.3 is 0 Å². The first kappa shape index (κ1) is 18.8. The number of halogens is 1. The van der Waals surface area contributed by atoms with Crippen molar-refractivity contribution in [3.8, 4) is 5.75 Å². The minimum absolute atomic E-state index is 0.402. The van der Waals surface area contributed by atoms with E-state index in [0.29, 0.717) is 6.61 Å². The SMILES string of the molecule is CCc1ccc(OCc2nnc(SCc3ccccc3Cl)n2CC)cc1. The number of thioether (sulfide) groups is 1. The average Bonchev–Trinajstić information content (AvgIpc) is 3.08. The fourth-order valence-corrected chi connectivity index (χ4v) is 3.88. The second-order valence-electron chi connectivity index (χ2n) is 5.81. The standard InChI is InChI=1S/C20H22ClN3OS/c1-3-15-9-11-17(12-10-15)25-13-19-22-23-20(24(19)4-2)26-14-16-7-5-6-8-18(16)21/h5-12H,3-4,13-14H2,1-2H3. The summed E-state index contributed by atoms with van der Waals surface area (Å²) >= 11 is 7.87. The van der Waals surface area contributed by atoms with Crippen molar-refractivity contribution in [1.82, 2.24) is 14.8 Å². The molecule has 6 heteroatoms. The molecule has 1 aromatic heterocycles. The summed E-state index contributed by atoms with van der Waals surface area (Å²) in [5, 5.41) is 10.3. The van der Waals surface area contributed by atoms with Gasteiger partial charge < -0.3 is 9.30 Å². The molecule has 1 heterocycles. The van der Waals surface area contributed by atoms with Crippen LogP contribution in [-0.2, 0) is 25.3 Å². The molecule has 26 heavy (non-hydrogen) atoms. The highest BCUT2D eigenvalue weighted by Crippen LogP contribution is 2.26. The van der Waals surface area contributed by atoms with Crippen LogP contribution >= 0.6 is 23.4 Å². The molecule has 3 rings (SSSR count). The Kier molecular flexibility index (Phi) is 6.58. The second kappa shape index (κ2) is 9.10. The number of hydrogen-bond acceptors (Lipinski definition) is 4.